The van der Waals surface area contributed by atoms with Crippen molar-refractivity contribution in [1.29, 1.82) is 0 Å². The van der Waals surface area contributed by atoms with Gasteiger partial charge in [0, 0.05) is 7.11 Å². The highest BCUT2D eigenvalue weighted by Crippen LogP contribution is 2.25. The quantitative estimate of drug-likeness (QED) is 0.476. The number of para-hydroxylation sites is 1. The zero-order chi connectivity index (χ0) is 13.1. The van der Waals surface area contributed by atoms with E-state index in [1.54, 1.807) is 0 Å². The summed E-state index contributed by atoms with van der Waals surface area (Å²) in [5, 5.41) is 0. The molecule has 1 heterocycles. The molecular weight excluding hydrogens is 236 g/mol. The van der Waals surface area contributed by atoms with Crippen molar-refractivity contribution in [2.45, 2.75) is 32.8 Å². The van der Waals surface area contributed by atoms with Gasteiger partial charge in [0.25, 0.3) is 0 Å². The molecule has 1 unspecified atom stereocenters. The number of ether oxygens (including phenoxy) is 1. The van der Waals surface area contributed by atoms with Crippen molar-refractivity contribution >= 4 is 19.2 Å². The summed E-state index contributed by atoms with van der Waals surface area (Å²) in [4.78, 5) is 10.4. The van der Waals surface area contributed by atoms with Gasteiger partial charge in [0.1, 0.15) is 5.75 Å². The number of hydrogen-bond donors (Lipinski definition) is 1. The van der Waals surface area contributed by atoms with Gasteiger partial charge in [-0.05, 0) is 37.4 Å². The second-order valence-electron chi connectivity index (χ2n) is 3.12. The second-order valence-corrected chi connectivity index (χ2v) is 3.49. The molecule has 1 aromatic rings. The minimum atomic E-state index is -0.236. The van der Waals surface area contributed by atoms with Gasteiger partial charge in [-0.2, -0.15) is 0 Å². The Hall–Kier alpha value is -1.00. The Bertz CT molecular complexity index is 315. The summed E-state index contributed by atoms with van der Waals surface area (Å²) < 4.78 is 9.36. The first kappa shape index (κ1) is 16.0. The van der Waals surface area contributed by atoms with Crippen molar-refractivity contribution < 1.29 is 13.7 Å². The highest BCUT2D eigenvalue weighted by atomic mass is 32.1. The highest BCUT2D eigenvalue weighted by Gasteiger charge is 2.17. The molecule has 3 nitrogen and oxygen atoms in total. The van der Waals surface area contributed by atoms with Crippen LogP contribution in [0.3, 0.4) is 0 Å². The van der Waals surface area contributed by atoms with Gasteiger partial charge < -0.3 is 8.92 Å². The number of fused-ring (bicyclic) bond motifs is 1. The minimum absolute atomic E-state index is 0.236. The van der Waals surface area contributed by atoms with E-state index in [-0.39, 0.29) is 6.10 Å². The maximum Gasteiger partial charge on any atom is 0.160 e. The number of thiol groups is 1. The van der Waals surface area contributed by atoms with Gasteiger partial charge in [-0.15, -0.1) is 0 Å². The van der Waals surface area contributed by atoms with E-state index < -0.39 is 0 Å². The van der Waals surface area contributed by atoms with E-state index in [1.807, 2.05) is 38.1 Å². The second kappa shape index (κ2) is 10.2. The topological polar surface area (TPSA) is 35.5 Å². The molecular formula is C13H20O3S. The fraction of sp³-hybridized carbons (Fsp3) is 0.462. The molecule has 96 valence electrons. The molecule has 0 saturated heterocycles. The number of carbonyl (C=O) groups excluding carboxylic acids is 1. The van der Waals surface area contributed by atoms with E-state index in [4.69, 9.17) is 4.74 Å². The smallest absolute Gasteiger partial charge is 0.160 e. The summed E-state index contributed by atoms with van der Waals surface area (Å²) in [5.74, 6) is 0.862. The van der Waals surface area contributed by atoms with Gasteiger partial charge in [0.05, 0.1) is 0 Å². The lowest BCUT2D eigenvalue weighted by molar-refractivity contribution is -0.114. The summed E-state index contributed by atoms with van der Waals surface area (Å²) in [5.41, 5.74) is 1.20. The standard InChI is InChI=1S/C10H10O2.C2H6.CH4OS/c11-7-9-6-5-8-3-1-2-4-10(8)12-9;1-2;1-2-3/h1-4,7,9H,5-6H2;1-2H3;3H,1H3. The van der Waals surface area contributed by atoms with Crippen molar-refractivity contribution in [3.8, 4) is 5.75 Å². The molecule has 0 spiro atoms. The summed E-state index contributed by atoms with van der Waals surface area (Å²) in [6, 6.07) is 7.86. The zero-order valence-electron chi connectivity index (χ0n) is 10.6. The Morgan fingerprint density at radius 1 is 1.41 bits per heavy atom. The van der Waals surface area contributed by atoms with Crippen LogP contribution in [0.1, 0.15) is 25.8 Å². The molecule has 0 N–H and O–H groups in total. The molecule has 1 aromatic carbocycles. The lowest BCUT2D eigenvalue weighted by Crippen LogP contribution is -2.23. The molecule has 0 aromatic heterocycles. The number of hydrogen-bond acceptors (Lipinski definition) is 4. The monoisotopic (exact) mass is 256 g/mol. The molecule has 17 heavy (non-hydrogen) atoms. The number of aldehydes is 1. The molecule has 0 fully saturated rings. The zero-order valence-corrected chi connectivity index (χ0v) is 11.4. The van der Waals surface area contributed by atoms with Crippen LogP contribution in [0.5, 0.6) is 5.75 Å². The molecule has 1 aliphatic heterocycles. The third-order valence-corrected chi connectivity index (χ3v) is 2.10. The fourth-order valence-corrected chi connectivity index (χ4v) is 1.44. The van der Waals surface area contributed by atoms with Gasteiger partial charge in [0.15, 0.2) is 12.4 Å². The summed E-state index contributed by atoms with van der Waals surface area (Å²) in [6.07, 6.45) is 2.38. The van der Waals surface area contributed by atoms with Crippen LogP contribution in [0.2, 0.25) is 0 Å². The lowest BCUT2D eigenvalue weighted by atomic mass is 10.0. The molecule has 1 atom stereocenters. The SMILES string of the molecule is CC.COS.O=CC1CCc2ccccc2O1. The van der Waals surface area contributed by atoms with Crippen molar-refractivity contribution in [2.24, 2.45) is 0 Å². The van der Waals surface area contributed by atoms with Gasteiger partial charge in [-0.25, -0.2) is 0 Å². The molecule has 0 aliphatic carbocycles. The van der Waals surface area contributed by atoms with Crippen LogP contribution in [0.15, 0.2) is 24.3 Å². The van der Waals surface area contributed by atoms with E-state index in [1.165, 1.54) is 12.7 Å². The van der Waals surface area contributed by atoms with E-state index in [0.717, 1.165) is 24.9 Å². The average molecular weight is 256 g/mol. The Labute approximate surface area is 109 Å². The van der Waals surface area contributed by atoms with Crippen LogP contribution in [0, 0.1) is 0 Å². The van der Waals surface area contributed by atoms with Crippen molar-refractivity contribution in [3.63, 3.8) is 0 Å². The van der Waals surface area contributed by atoms with E-state index in [2.05, 4.69) is 17.1 Å². The van der Waals surface area contributed by atoms with Crippen LogP contribution in [0.4, 0.5) is 0 Å². The number of carbonyl (C=O) groups is 1. The number of rotatable bonds is 1. The Morgan fingerprint density at radius 3 is 2.59 bits per heavy atom. The van der Waals surface area contributed by atoms with Crippen molar-refractivity contribution in [1.82, 2.24) is 0 Å². The van der Waals surface area contributed by atoms with E-state index in [0.29, 0.717) is 0 Å². The lowest BCUT2D eigenvalue weighted by Gasteiger charge is -2.21. The predicted molar refractivity (Wildman–Crippen MR) is 72.6 cm³/mol. The Kier molecular flexibility index (Phi) is 9.57. The summed E-state index contributed by atoms with van der Waals surface area (Å²) in [7, 11) is 1.49. The third kappa shape index (κ3) is 5.75. The van der Waals surface area contributed by atoms with Crippen LogP contribution in [0.25, 0.3) is 0 Å². The first-order valence-corrected chi connectivity index (χ1v) is 6.05. The molecule has 1 aliphatic rings. The first-order chi connectivity index (χ1) is 8.31. The van der Waals surface area contributed by atoms with Crippen LogP contribution >= 0.6 is 12.9 Å². The Balaban J connectivity index is 0.000000450. The molecule has 4 heteroatoms. The number of benzene rings is 1. The summed E-state index contributed by atoms with van der Waals surface area (Å²) in [6.45, 7) is 4.00. The number of aryl methyl sites for hydroxylation is 1. The van der Waals surface area contributed by atoms with Gasteiger partial charge >= 0.3 is 0 Å². The van der Waals surface area contributed by atoms with Crippen molar-refractivity contribution in [2.75, 3.05) is 7.11 Å². The predicted octanol–water partition coefficient (Wildman–Crippen LogP) is 3.08. The first-order valence-electron chi connectivity index (χ1n) is 5.69. The minimum Gasteiger partial charge on any atom is -0.483 e. The maximum atomic E-state index is 10.4. The van der Waals surface area contributed by atoms with Crippen LogP contribution < -0.4 is 4.74 Å². The van der Waals surface area contributed by atoms with Crippen LogP contribution in [-0.2, 0) is 15.4 Å². The van der Waals surface area contributed by atoms with Crippen molar-refractivity contribution in [3.05, 3.63) is 29.8 Å². The van der Waals surface area contributed by atoms with Crippen LogP contribution in [-0.4, -0.2) is 19.5 Å². The molecule has 0 bridgehead atoms. The van der Waals surface area contributed by atoms with E-state index in [9.17, 15) is 4.79 Å². The fourth-order valence-electron chi connectivity index (χ4n) is 1.44. The third-order valence-electron chi connectivity index (χ3n) is 2.10. The molecule has 2 rings (SSSR count). The molecule has 0 radical (unpaired) electrons. The van der Waals surface area contributed by atoms with Gasteiger partial charge in [-0.1, -0.05) is 32.0 Å². The summed E-state index contributed by atoms with van der Waals surface area (Å²) >= 11 is 3.29. The normalized spacial score (nSPS) is 16.1. The average Bonchev–Trinajstić information content (AvgIpc) is 2.41. The van der Waals surface area contributed by atoms with Gasteiger partial charge in [0.2, 0.25) is 0 Å². The largest absolute Gasteiger partial charge is 0.483 e. The van der Waals surface area contributed by atoms with Gasteiger partial charge in [-0.3, -0.25) is 4.79 Å². The maximum absolute atomic E-state index is 10.4. The Morgan fingerprint density at radius 2 is 2.00 bits per heavy atom. The molecule has 0 saturated carbocycles. The van der Waals surface area contributed by atoms with E-state index >= 15 is 0 Å². The molecule has 0 amide bonds. The highest BCUT2D eigenvalue weighted by molar-refractivity contribution is 7.75.